The summed E-state index contributed by atoms with van der Waals surface area (Å²) in [5.41, 5.74) is 4.12. The van der Waals surface area contributed by atoms with E-state index >= 15 is 0 Å². The van der Waals surface area contributed by atoms with Gasteiger partial charge >= 0.3 is 5.97 Å². The van der Waals surface area contributed by atoms with Crippen molar-refractivity contribution in [1.29, 1.82) is 0 Å². The molecule has 4 rings (SSSR count). The molecule has 0 heterocycles. The lowest BCUT2D eigenvalue weighted by Gasteiger charge is -2.59. The molecule has 0 aromatic heterocycles. The third kappa shape index (κ3) is 4.27. The van der Waals surface area contributed by atoms with Gasteiger partial charge < -0.3 is 4.74 Å². The van der Waals surface area contributed by atoms with E-state index in [1.807, 2.05) is 5.57 Å². The van der Waals surface area contributed by atoms with Gasteiger partial charge in [-0.3, -0.25) is 4.79 Å². The van der Waals surface area contributed by atoms with E-state index < -0.39 is 0 Å². The van der Waals surface area contributed by atoms with Crippen LogP contribution in [-0.2, 0) is 9.53 Å². The quantitative estimate of drug-likeness (QED) is 0.297. The van der Waals surface area contributed by atoms with Crippen molar-refractivity contribution in [2.24, 2.45) is 52.3 Å². The molecule has 3 fully saturated rings. The van der Waals surface area contributed by atoms with Gasteiger partial charge in [0, 0.05) is 6.92 Å². The molecule has 3 saturated carbocycles. The van der Waals surface area contributed by atoms with Gasteiger partial charge in [0.25, 0.3) is 0 Å². The van der Waals surface area contributed by atoms with Crippen molar-refractivity contribution in [2.75, 3.05) is 0 Å². The normalized spacial score (nSPS) is 43.2. The molecule has 0 spiro atoms. The van der Waals surface area contributed by atoms with E-state index in [0.29, 0.717) is 28.6 Å². The Labute approximate surface area is 204 Å². The molecule has 186 valence electrons. The molecular formula is C31H50O2. The highest BCUT2D eigenvalue weighted by Gasteiger charge is 2.59. The van der Waals surface area contributed by atoms with Crippen molar-refractivity contribution in [3.05, 3.63) is 23.8 Å². The first kappa shape index (κ1) is 25.1. The van der Waals surface area contributed by atoms with Crippen molar-refractivity contribution >= 4 is 5.97 Å². The molecule has 0 N–H and O–H groups in total. The van der Waals surface area contributed by atoms with Gasteiger partial charge in [-0.25, -0.2) is 0 Å². The Morgan fingerprint density at radius 2 is 1.76 bits per heavy atom. The van der Waals surface area contributed by atoms with Crippen LogP contribution in [0.15, 0.2) is 23.8 Å². The summed E-state index contributed by atoms with van der Waals surface area (Å²) in [6.07, 6.45) is 14.3. The van der Waals surface area contributed by atoms with Gasteiger partial charge in [0.1, 0.15) is 6.10 Å². The third-order valence-electron chi connectivity index (χ3n) is 11.4. The lowest BCUT2D eigenvalue weighted by atomic mass is 9.46. The Morgan fingerprint density at radius 3 is 2.42 bits per heavy atom. The first-order chi connectivity index (χ1) is 15.5. The first-order valence-electron chi connectivity index (χ1n) is 14.0. The molecule has 0 aliphatic heterocycles. The van der Waals surface area contributed by atoms with Crippen molar-refractivity contribution in [3.8, 4) is 0 Å². The Bertz CT molecular complexity index is 793. The van der Waals surface area contributed by atoms with E-state index in [2.05, 4.69) is 54.2 Å². The van der Waals surface area contributed by atoms with Crippen molar-refractivity contribution in [3.63, 3.8) is 0 Å². The highest BCUT2D eigenvalue weighted by atomic mass is 16.5. The minimum Gasteiger partial charge on any atom is -0.462 e. The van der Waals surface area contributed by atoms with Crippen LogP contribution < -0.4 is 0 Å². The molecule has 4 aliphatic carbocycles. The number of ether oxygens (including phenoxy) is 1. The lowest BCUT2D eigenvalue weighted by Crippen LogP contribution is -2.53. The predicted molar refractivity (Wildman–Crippen MR) is 138 cm³/mol. The number of fused-ring (bicyclic) bond motifs is 5. The van der Waals surface area contributed by atoms with Crippen LogP contribution in [0.25, 0.3) is 0 Å². The summed E-state index contributed by atoms with van der Waals surface area (Å²) in [5, 5.41) is 0. The number of hydrogen-bond acceptors (Lipinski definition) is 2. The van der Waals surface area contributed by atoms with Crippen LogP contribution in [0.2, 0.25) is 0 Å². The van der Waals surface area contributed by atoms with Gasteiger partial charge in [-0.15, -0.1) is 0 Å². The molecule has 2 nitrogen and oxygen atoms in total. The molecule has 33 heavy (non-hydrogen) atoms. The van der Waals surface area contributed by atoms with E-state index in [9.17, 15) is 4.79 Å². The zero-order valence-electron chi connectivity index (χ0n) is 22.6. The molecule has 7 unspecified atom stereocenters. The van der Waals surface area contributed by atoms with Crippen LogP contribution in [0.4, 0.5) is 0 Å². The monoisotopic (exact) mass is 454 g/mol. The van der Waals surface area contributed by atoms with Crippen LogP contribution in [-0.4, -0.2) is 12.1 Å². The molecule has 4 aliphatic rings. The Kier molecular flexibility index (Phi) is 6.98. The summed E-state index contributed by atoms with van der Waals surface area (Å²) < 4.78 is 5.75. The fraction of sp³-hybridized carbons (Fsp3) is 0.839. The van der Waals surface area contributed by atoms with Gasteiger partial charge in [0.05, 0.1) is 0 Å². The lowest BCUT2D eigenvalue weighted by molar-refractivity contribution is -0.158. The largest absolute Gasteiger partial charge is 0.462 e. The van der Waals surface area contributed by atoms with E-state index in [-0.39, 0.29) is 12.1 Å². The second-order valence-electron chi connectivity index (χ2n) is 13.3. The van der Waals surface area contributed by atoms with Gasteiger partial charge in [0.15, 0.2) is 0 Å². The molecule has 0 radical (unpaired) electrons. The third-order valence-corrected chi connectivity index (χ3v) is 11.4. The number of esters is 1. The highest BCUT2D eigenvalue weighted by molar-refractivity contribution is 5.66. The molecule has 2 heteroatoms. The Hall–Kier alpha value is -1.05. The summed E-state index contributed by atoms with van der Waals surface area (Å²) >= 11 is 0. The van der Waals surface area contributed by atoms with E-state index in [1.54, 1.807) is 6.92 Å². The first-order valence-corrected chi connectivity index (χ1v) is 14.0. The second kappa shape index (κ2) is 9.19. The highest BCUT2D eigenvalue weighted by Crippen LogP contribution is 2.67. The topological polar surface area (TPSA) is 26.3 Å². The Balaban J connectivity index is 1.51. The number of allylic oxidation sites excluding steroid dienone is 3. The SMILES string of the molecule is C=C(CCC(C)C1CCC2C3=CC[C@H]4[C@H](C)C(OC(C)=O)CCC4(C)C3CCC21C)C(C)C. The van der Waals surface area contributed by atoms with E-state index in [4.69, 9.17) is 4.74 Å². The van der Waals surface area contributed by atoms with Crippen molar-refractivity contribution in [2.45, 2.75) is 112 Å². The smallest absolute Gasteiger partial charge is 0.302 e. The van der Waals surface area contributed by atoms with Gasteiger partial charge in [-0.1, -0.05) is 65.3 Å². The molecule has 0 aromatic rings. The molecule has 0 bridgehead atoms. The summed E-state index contributed by atoms with van der Waals surface area (Å²) in [6.45, 7) is 20.6. The molecular weight excluding hydrogens is 404 g/mol. The van der Waals surface area contributed by atoms with E-state index in [0.717, 1.165) is 30.1 Å². The number of carbonyl (C=O) groups excluding carboxylic acids is 1. The van der Waals surface area contributed by atoms with Crippen LogP contribution in [0.3, 0.4) is 0 Å². The van der Waals surface area contributed by atoms with Crippen molar-refractivity contribution in [1.82, 2.24) is 0 Å². The summed E-state index contributed by atoms with van der Waals surface area (Å²) in [7, 11) is 0. The molecule has 9 atom stereocenters. The fourth-order valence-corrected chi connectivity index (χ4v) is 9.19. The predicted octanol–water partition coefficient (Wildman–Crippen LogP) is 8.37. The zero-order chi connectivity index (χ0) is 24.1. The average Bonchev–Trinajstić information content (AvgIpc) is 3.11. The summed E-state index contributed by atoms with van der Waals surface area (Å²) in [5.74, 6) is 4.78. The molecule has 0 saturated heterocycles. The maximum absolute atomic E-state index is 11.6. The fourth-order valence-electron chi connectivity index (χ4n) is 9.19. The molecule has 0 amide bonds. The number of rotatable bonds is 6. The molecule has 0 aromatic carbocycles. The zero-order valence-corrected chi connectivity index (χ0v) is 22.6. The maximum Gasteiger partial charge on any atom is 0.302 e. The van der Waals surface area contributed by atoms with Crippen LogP contribution >= 0.6 is 0 Å². The standard InChI is InChI=1S/C31H50O2/c1-19(2)20(3)9-10-21(4)25-13-14-27-24-11-12-26-22(5)29(33-23(6)32)16-18-31(26,8)28(24)15-17-30(25,27)7/h11,19,21-22,25-29H,3,9-10,12-18H2,1-2,4-8H3/t21?,22-,25?,26-,27?,28?,29?,30?,31?/m0/s1. The summed E-state index contributed by atoms with van der Waals surface area (Å²) in [4.78, 5) is 11.6. The van der Waals surface area contributed by atoms with Crippen LogP contribution in [0.1, 0.15) is 106 Å². The van der Waals surface area contributed by atoms with Crippen LogP contribution in [0.5, 0.6) is 0 Å². The Morgan fingerprint density at radius 1 is 1.09 bits per heavy atom. The minimum atomic E-state index is -0.112. The average molecular weight is 455 g/mol. The summed E-state index contributed by atoms with van der Waals surface area (Å²) in [6, 6.07) is 0. The van der Waals surface area contributed by atoms with Crippen molar-refractivity contribution < 1.29 is 9.53 Å². The number of hydrogen-bond donors (Lipinski definition) is 0. The second-order valence-corrected chi connectivity index (χ2v) is 13.3. The van der Waals surface area contributed by atoms with Crippen LogP contribution in [0, 0.1) is 52.3 Å². The van der Waals surface area contributed by atoms with E-state index in [1.165, 1.54) is 56.9 Å². The van der Waals surface area contributed by atoms with Gasteiger partial charge in [-0.2, -0.15) is 0 Å². The number of carbonyl (C=O) groups is 1. The van der Waals surface area contributed by atoms with Gasteiger partial charge in [-0.05, 0) is 110 Å². The maximum atomic E-state index is 11.6. The minimum absolute atomic E-state index is 0.112. The van der Waals surface area contributed by atoms with Gasteiger partial charge in [0.2, 0.25) is 0 Å².